The Morgan fingerprint density at radius 1 is 0.974 bits per heavy atom. The van der Waals surface area contributed by atoms with Crippen molar-refractivity contribution in [3.05, 3.63) is 95.1 Å². The summed E-state index contributed by atoms with van der Waals surface area (Å²) in [5.74, 6) is 1.22. The van der Waals surface area contributed by atoms with Crippen LogP contribution < -0.4 is 16.4 Å². The molecule has 4 N–H and O–H groups in total. The molecule has 6 nitrogen and oxygen atoms in total. The van der Waals surface area contributed by atoms with E-state index in [0.717, 1.165) is 43.7 Å². The summed E-state index contributed by atoms with van der Waals surface area (Å²) in [6.45, 7) is 4.58. The molecule has 6 heteroatoms. The minimum atomic E-state index is -0.141. The van der Waals surface area contributed by atoms with E-state index in [1.165, 1.54) is 43.5 Å². The van der Waals surface area contributed by atoms with Crippen molar-refractivity contribution in [2.24, 2.45) is 5.92 Å². The summed E-state index contributed by atoms with van der Waals surface area (Å²) in [4.78, 5) is 26.0. The molecule has 1 amide bonds. The number of nitrogens with one attached hydrogen (secondary N) is 2. The average molecular weight is 511 g/mol. The molecule has 38 heavy (non-hydrogen) atoms. The summed E-state index contributed by atoms with van der Waals surface area (Å²) < 4.78 is 0. The third-order valence-electron chi connectivity index (χ3n) is 8.03. The molecule has 1 heterocycles. The van der Waals surface area contributed by atoms with Gasteiger partial charge in [-0.05, 0) is 99.6 Å². The molecule has 0 aromatic heterocycles. The highest BCUT2D eigenvalue weighted by atomic mass is 16.1. The second-order valence-corrected chi connectivity index (χ2v) is 10.8. The van der Waals surface area contributed by atoms with Gasteiger partial charge in [0.2, 0.25) is 0 Å². The van der Waals surface area contributed by atoms with Crippen molar-refractivity contribution in [1.29, 1.82) is 0 Å². The van der Waals surface area contributed by atoms with Gasteiger partial charge in [0, 0.05) is 23.1 Å². The lowest BCUT2D eigenvalue weighted by atomic mass is 9.96. The lowest BCUT2D eigenvalue weighted by Gasteiger charge is -2.32. The number of rotatable bonds is 11. The van der Waals surface area contributed by atoms with Crippen molar-refractivity contribution in [1.82, 2.24) is 10.2 Å². The van der Waals surface area contributed by atoms with E-state index in [4.69, 9.17) is 5.73 Å². The summed E-state index contributed by atoms with van der Waals surface area (Å²) in [6, 6.07) is 23.8. The lowest BCUT2D eigenvalue weighted by Crippen LogP contribution is -2.38. The fraction of sp³-hybridized carbons (Fsp3) is 0.375. The van der Waals surface area contributed by atoms with Crippen LogP contribution in [-0.4, -0.2) is 49.3 Å². The van der Waals surface area contributed by atoms with Gasteiger partial charge >= 0.3 is 0 Å². The minimum Gasteiger partial charge on any atom is -0.397 e. The highest BCUT2D eigenvalue weighted by Crippen LogP contribution is 2.41. The van der Waals surface area contributed by atoms with Crippen LogP contribution in [0.15, 0.2) is 72.8 Å². The van der Waals surface area contributed by atoms with Crippen LogP contribution in [-0.2, 0) is 6.42 Å². The van der Waals surface area contributed by atoms with Crippen LogP contribution in [0.4, 0.5) is 11.4 Å². The Morgan fingerprint density at radius 2 is 1.71 bits per heavy atom. The van der Waals surface area contributed by atoms with Crippen LogP contribution in [0.25, 0.3) is 0 Å². The quantitative estimate of drug-likeness (QED) is 0.246. The molecule has 2 fully saturated rings. The van der Waals surface area contributed by atoms with Gasteiger partial charge in [0.05, 0.1) is 11.4 Å². The predicted octanol–water partition coefficient (Wildman–Crippen LogP) is 5.12. The van der Waals surface area contributed by atoms with Crippen molar-refractivity contribution in [3.8, 4) is 0 Å². The van der Waals surface area contributed by atoms with E-state index >= 15 is 0 Å². The maximum atomic E-state index is 12.5. The SMILES string of the molecule is Nc1ccccc1NC(=O)c1ccc(CCCN2CCC(CNC3CC3c3ccc(C=O)cc3)CC2)cc1. The van der Waals surface area contributed by atoms with Crippen LogP contribution in [0.3, 0.4) is 0 Å². The number of amides is 1. The molecule has 2 atom stereocenters. The van der Waals surface area contributed by atoms with Gasteiger partial charge in [0.25, 0.3) is 5.91 Å². The number of benzene rings is 3. The molecule has 1 saturated heterocycles. The molecule has 1 saturated carbocycles. The monoisotopic (exact) mass is 510 g/mol. The average Bonchev–Trinajstić information content (AvgIpc) is 3.74. The third kappa shape index (κ3) is 6.88. The minimum absolute atomic E-state index is 0.141. The Labute approximate surface area is 225 Å². The Kier molecular flexibility index (Phi) is 8.51. The number of carbonyl (C=O) groups excluding carboxylic acids is 2. The molecule has 0 spiro atoms. The summed E-state index contributed by atoms with van der Waals surface area (Å²) in [5.41, 5.74) is 11.1. The number of aryl methyl sites for hydroxylation is 1. The predicted molar refractivity (Wildman–Crippen MR) is 154 cm³/mol. The number of hydrogen-bond donors (Lipinski definition) is 3. The van der Waals surface area contributed by atoms with Crippen molar-refractivity contribution < 1.29 is 9.59 Å². The van der Waals surface area contributed by atoms with Crippen LogP contribution in [0.5, 0.6) is 0 Å². The van der Waals surface area contributed by atoms with Crippen molar-refractivity contribution >= 4 is 23.6 Å². The molecule has 1 aliphatic heterocycles. The molecule has 0 radical (unpaired) electrons. The number of nitrogens with two attached hydrogens (primary N) is 1. The summed E-state index contributed by atoms with van der Waals surface area (Å²) in [7, 11) is 0. The first-order chi connectivity index (χ1) is 18.6. The van der Waals surface area contributed by atoms with Gasteiger partial charge in [0.1, 0.15) is 6.29 Å². The molecule has 0 bridgehead atoms. The van der Waals surface area contributed by atoms with Gasteiger partial charge in [-0.15, -0.1) is 0 Å². The van der Waals surface area contributed by atoms with Crippen molar-refractivity contribution in [2.45, 2.75) is 44.1 Å². The van der Waals surface area contributed by atoms with E-state index < -0.39 is 0 Å². The lowest BCUT2D eigenvalue weighted by molar-refractivity contribution is 0.102. The molecule has 3 aromatic rings. The first-order valence-electron chi connectivity index (χ1n) is 13.8. The largest absolute Gasteiger partial charge is 0.397 e. The maximum absolute atomic E-state index is 12.5. The molecule has 198 valence electrons. The first kappa shape index (κ1) is 26.1. The van der Waals surface area contributed by atoms with Crippen LogP contribution in [0, 0.1) is 5.92 Å². The molecular formula is C32H38N4O2. The zero-order valence-corrected chi connectivity index (χ0v) is 21.9. The summed E-state index contributed by atoms with van der Waals surface area (Å²) in [5, 5.41) is 6.67. The fourth-order valence-electron chi connectivity index (χ4n) is 5.48. The number of nitrogen functional groups attached to an aromatic ring is 1. The van der Waals surface area contributed by atoms with E-state index in [2.05, 4.69) is 39.8 Å². The standard InChI is InChI=1S/C32H38N4O2/c33-29-5-1-2-6-30(29)35-32(38)27-13-7-23(8-14-27)4-3-17-36-18-15-24(16-19-36)21-34-31-20-28(31)26-11-9-25(22-37)10-12-26/h1-2,5-14,22,24,28,31,34H,3-4,15-21,33H2,(H,35,38). The molecule has 1 aliphatic carbocycles. The Balaban J connectivity index is 0.965. The van der Waals surface area contributed by atoms with Gasteiger partial charge in [-0.1, -0.05) is 48.5 Å². The van der Waals surface area contributed by atoms with Crippen LogP contribution >= 0.6 is 0 Å². The number of nitrogens with zero attached hydrogens (tertiary/aromatic N) is 1. The van der Waals surface area contributed by atoms with Crippen LogP contribution in [0.1, 0.15) is 63.4 Å². The normalized spacial score (nSPS) is 19.7. The van der Waals surface area contributed by atoms with Crippen LogP contribution in [0.2, 0.25) is 0 Å². The van der Waals surface area contributed by atoms with Gasteiger partial charge in [0.15, 0.2) is 0 Å². The Morgan fingerprint density at radius 3 is 2.42 bits per heavy atom. The number of anilines is 2. The van der Waals surface area contributed by atoms with E-state index in [9.17, 15) is 9.59 Å². The molecule has 2 unspecified atom stereocenters. The zero-order chi connectivity index (χ0) is 26.3. The maximum Gasteiger partial charge on any atom is 0.255 e. The Hall–Kier alpha value is -3.48. The van der Waals surface area contributed by atoms with E-state index in [1.807, 2.05) is 42.5 Å². The molecular weight excluding hydrogens is 472 g/mol. The second-order valence-electron chi connectivity index (χ2n) is 10.8. The second kappa shape index (κ2) is 12.4. The van der Waals surface area contributed by atoms with Gasteiger partial charge in [-0.3, -0.25) is 9.59 Å². The topological polar surface area (TPSA) is 87.5 Å². The number of likely N-dealkylation sites (tertiary alicyclic amines) is 1. The zero-order valence-electron chi connectivity index (χ0n) is 21.9. The smallest absolute Gasteiger partial charge is 0.255 e. The number of aldehydes is 1. The third-order valence-corrected chi connectivity index (χ3v) is 8.03. The summed E-state index contributed by atoms with van der Waals surface area (Å²) in [6.07, 6.45) is 6.77. The molecule has 2 aliphatic rings. The van der Waals surface area contributed by atoms with E-state index in [0.29, 0.717) is 28.9 Å². The van der Waals surface area contributed by atoms with Gasteiger partial charge < -0.3 is 21.3 Å². The van der Waals surface area contributed by atoms with Crippen molar-refractivity contribution in [3.63, 3.8) is 0 Å². The molecule has 3 aromatic carbocycles. The highest BCUT2D eigenvalue weighted by molar-refractivity contribution is 6.05. The van der Waals surface area contributed by atoms with E-state index in [-0.39, 0.29) is 5.91 Å². The van der Waals surface area contributed by atoms with E-state index in [1.54, 1.807) is 6.07 Å². The number of carbonyl (C=O) groups is 2. The van der Waals surface area contributed by atoms with Gasteiger partial charge in [-0.25, -0.2) is 0 Å². The summed E-state index contributed by atoms with van der Waals surface area (Å²) >= 11 is 0. The highest BCUT2D eigenvalue weighted by Gasteiger charge is 2.38. The number of para-hydroxylation sites is 2. The van der Waals surface area contributed by atoms with Gasteiger partial charge in [-0.2, -0.15) is 0 Å². The fourth-order valence-corrected chi connectivity index (χ4v) is 5.48. The van der Waals surface area contributed by atoms with Crippen molar-refractivity contribution in [2.75, 3.05) is 37.2 Å². The molecule has 5 rings (SSSR count). The number of hydrogen-bond acceptors (Lipinski definition) is 5. The Bertz CT molecular complexity index is 1220. The first-order valence-corrected chi connectivity index (χ1v) is 13.8. The number of piperidine rings is 1.